The molecule has 5 nitrogen and oxygen atoms in total. The normalized spacial score (nSPS) is 18.8. The number of hydrogen-bond donors (Lipinski definition) is 0. The van der Waals surface area contributed by atoms with E-state index < -0.39 is 5.41 Å². The van der Waals surface area contributed by atoms with Crippen LogP contribution in [0.5, 0.6) is 5.75 Å². The molecule has 6 heteroatoms. The Bertz CT molecular complexity index is 965. The number of thioether (sulfide) groups is 1. The fourth-order valence-corrected chi connectivity index (χ4v) is 5.28. The molecule has 2 aromatic rings. The molecule has 32 heavy (non-hydrogen) atoms. The van der Waals surface area contributed by atoms with Crippen LogP contribution < -0.4 is 4.74 Å². The molecular formula is C26H32N2O3S. The number of carbonyl (C=O) groups excluding carboxylic acids is 2. The predicted molar refractivity (Wildman–Crippen MR) is 129 cm³/mol. The van der Waals surface area contributed by atoms with Crippen molar-refractivity contribution in [2.45, 2.75) is 33.2 Å². The molecule has 1 saturated heterocycles. The number of fused-ring (bicyclic) bond motifs is 1. The second kappa shape index (κ2) is 9.57. The molecule has 2 aliphatic rings. The van der Waals surface area contributed by atoms with Gasteiger partial charge in [0, 0.05) is 36.6 Å². The zero-order valence-corrected chi connectivity index (χ0v) is 20.0. The monoisotopic (exact) mass is 452 g/mol. The number of carbonyl (C=O) groups is 2. The quantitative estimate of drug-likeness (QED) is 0.699. The van der Waals surface area contributed by atoms with Crippen molar-refractivity contribution in [2.75, 3.05) is 37.7 Å². The van der Waals surface area contributed by atoms with Crippen LogP contribution in [-0.4, -0.2) is 59.4 Å². The fraction of sp³-hybridized carbons (Fsp3) is 0.462. The highest BCUT2D eigenvalue weighted by atomic mass is 32.2. The molecule has 2 amide bonds. The van der Waals surface area contributed by atoms with Crippen molar-refractivity contribution < 1.29 is 14.3 Å². The molecule has 2 aliphatic heterocycles. The molecule has 0 saturated carbocycles. The molecule has 0 radical (unpaired) electrons. The number of nitrogens with zero attached hydrogens (tertiary/aromatic N) is 2. The zero-order chi connectivity index (χ0) is 22.7. The first kappa shape index (κ1) is 22.7. The highest BCUT2D eigenvalue weighted by molar-refractivity contribution is 7.99. The first-order valence-electron chi connectivity index (χ1n) is 11.3. The smallest absolute Gasteiger partial charge is 0.260 e. The number of amides is 2. The molecule has 4 rings (SSSR count). The van der Waals surface area contributed by atoms with Crippen LogP contribution >= 0.6 is 11.8 Å². The van der Waals surface area contributed by atoms with Crippen molar-refractivity contribution in [3.05, 3.63) is 65.2 Å². The highest BCUT2D eigenvalue weighted by Crippen LogP contribution is 2.39. The molecule has 1 fully saturated rings. The van der Waals surface area contributed by atoms with Crippen molar-refractivity contribution in [3.8, 4) is 5.75 Å². The maximum Gasteiger partial charge on any atom is 0.260 e. The maximum atomic E-state index is 13.3. The molecule has 2 heterocycles. The van der Waals surface area contributed by atoms with Gasteiger partial charge in [0.15, 0.2) is 6.61 Å². The van der Waals surface area contributed by atoms with E-state index >= 15 is 0 Å². The standard InChI is InChI=1S/C26H32N2O3S/c1-26(2,3)25(30)28-12-11-19-9-10-21(31-18-23(29)27-13-15-32-16-14-27)17-22(19)24(28)20-7-5-4-6-8-20/h4-10,17,24H,11-16,18H2,1-3H3. The lowest BCUT2D eigenvalue weighted by Crippen LogP contribution is -2.45. The minimum atomic E-state index is -0.461. The molecule has 0 bridgehead atoms. The molecule has 0 aliphatic carbocycles. The Morgan fingerprint density at radius 1 is 1.03 bits per heavy atom. The van der Waals surface area contributed by atoms with Crippen LogP contribution in [0.1, 0.15) is 43.5 Å². The van der Waals surface area contributed by atoms with Crippen LogP contribution in [0.2, 0.25) is 0 Å². The Labute approximate surface area is 195 Å². The first-order chi connectivity index (χ1) is 15.3. The Hall–Kier alpha value is -2.47. The van der Waals surface area contributed by atoms with E-state index in [0.717, 1.165) is 42.1 Å². The highest BCUT2D eigenvalue weighted by Gasteiger charge is 2.37. The van der Waals surface area contributed by atoms with Gasteiger partial charge in [0.2, 0.25) is 5.91 Å². The summed E-state index contributed by atoms with van der Waals surface area (Å²) in [5.74, 6) is 2.82. The Morgan fingerprint density at radius 3 is 2.44 bits per heavy atom. The van der Waals surface area contributed by atoms with E-state index in [9.17, 15) is 9.59 Å². The maximum absolute atomic E-state index is 13.3. The summed E-state index contributed by atoms with van der Waals surface area (Å²) in [5, 5.41) is 0. The van der Waals surface area contributed by atoms with E-state index in [1.807, 2.05) is 72.7 Å². The fourth-order valence-electron chi connectivity index (χ4n) is 4.38. The van der Waals surface area contributed by atoms with E-state index in [0.29, 0.717) is 12.3 Å². The molecule has 0 N–H and O–H groups in total. The van der Waals surface area contributed by atoms with Gasteiger partial charge < -0.3 is 14.5 Å². The van der Waals surface area contributed by atoms with Crippen LogP contribution in [0, 0.1) is 5.41 Å². The topological polar surface area (TPSA) is 49.9 Å². The van der Waals surface area contributed by atoms with E-state index in [1.54, 1.807) is 0 Å². The Kier molecular flexibility index (Phi) is 6.79. The van der Waals surface area contributed by atoms with Crippen LogP contribution in [0.4, 0.5) is 0 Å². The minimum Gasteiger partial charge on any atom is -0.484 e. The number of rotatable bonds is 4. The number of hydrogen-bond acceptors (Lipinski definition) is 4. The lowest BCUT2D eigenvalue weighted by molar-refractivity contribution is -0.141. The largest absolute Gasteiger partial charge is 0.484 e. The van der Waals surface area contributed by atoms with Crippen molar-refractivity contribution in [2.24, 2.45) is 5.41 Å². The Balaban J connectivity index is 1.60. The van der Waals surface area contributed by atoms with Crippen molar-refractivity contribution >= 4 is 23.6 Å². The summed E-state index contributed by atoms with van der Waals surface area (Å²) in [6.45, 7) is 8.22. The summed E-state index contributed by atoms with van der Waals surface area (Å²) in [7, 11) is 0. The van der Waals surface area contributed by atoms with Gasteiger partial charge in [-0.05, 0) is 35.2 Å². The lowest BCUT2D eigenvalue weighted by Gasteiger charge is -2.41. The summed E-state index contributed by atoms with van der Waals surface area (Å²) >= 11 is 1.88. The molecule has 0 spiro atoms. The molecule has 0 aromatic heterocycles. The summed E-state index contributed by atoms with van der Waals surface area (Å²) < 4.78 is 5.93. The van der Waals surface area contributed by atoms with Gasteiger partial charge in [-0.3, -0.25) is 9.59 Å². The second-order valence-corrected chi connectivity index (χ2v) is 10.7. The Morgan fingerprint density at radius 2 is 1.75 bits per heavy atom. The van der Waals surface area contributed by atoms with Gasteiger partial charge in [-0.1, -0.05) is 57.2 Å². The van der Waals surface area contributed by atoms with Crippen molar-refractivity contribution in [1.29, 1.82) is 0 Å². The van der Waals surface area contributed by atoms with E-state index in [-0.39, 0.29) is 24.5 Å². The summed E-state index contributed by atoms with van der Waals surface area (Å²) in [6.07, 6.45) is 0.811. The van der Waals surface area contributed by atoms with E-state index in [1.165, 1.54) is 5.56 Å². The van der Waals surface area contributed by atoms with E-state index in [4.69, 9.17) is 4.74 Å². The van der Waals surface area contributed by atoms with Gasteiger partial charge >= 0.3 is 0 Å². The lowest BCUT2D eigenvalue weighted by atomic mass is 9.85. The van der Waals surface area contributed by atoms with Crippen LogP contribution in [0.3, 0.4) is 0 Å². The third kappa shape index (κ3) is 4.96. The van der Waals surface area contributed by atoms with Crippen molar-refractivity contribution in [3.63, 3.8) is 0 Å². The van der Waals surface area contributed by atoms with Gasteiger partial charge in [0.25, 0.3) is 5.91 Å². The van der Waals surface area contributed by atoms with Gasteiger partial charge in [-0.15, -0.1) is 0 Å². The average molecular weight is 453 g/mol. The van der Waals surface area contributed by atoms with Gasteiger partial charge in [-0.25, -0.2) is 0 Å². The van der Waals surface area contributed by atoms with Gasteiger partial charge in [0.05, 0.1) is 6.04 Å². The van der Waals surface area contributed by atoms with Crippen LogP contribution in [0.25, 0.3) is 0 Å². The molecule has 1 atom stereocenters. The molecule has 2 aromatic carbocycles. The number of ether oxygens (including phenoxy) is 1. The number of benzene rings is 2. The molecule has 1 unspecified atom stereocenters. The van der Waals surface area contributed by atoms with Gasteiger partial charge in [-0.2, -0.15) is 11.8 Å². The minimum absolute atomic E-state index is 0.0344. The molecule has 170 valence electrons. The second-order valence-electron chi connectivity index (χ2n) is 9.45. The summed E-state index contributed by atoms with van der Waals surface area (Å²) in [5.41, 5.74) is 2.94. The van der Waals surface area contributed by atoms with E-state index in [2.05, 4.69) is 18.2 Å². The average Bonchev–Trinajstić information content (AvgIpc) is 2.81. The molecular weight excluding hydrogens is 420 g/mol. The third-order valence-corrected chi connectivity index (χ3v) is 7.03. The van der Waals surface area contributed by atoms with Gasteiger partial charge in [0.1, 0.15) is 5.75 Å². The SMILES string of the molecule is CC(C)(C)C(=O)N1CCc2ccc(OCC(=O)N3CCSCC3)cc2C1c1ccccc1. The van der Waals surface area contributed by atoms with Crippen LogP contribution in [0.15, 0.2) is 48.5 Å². The van der Waals surface area contributed by atoms with Crippen molar-refractivity contribution in [1.82, 2.24) is 9.80 Å². The first-order valence-corrected chi connectivity index (χ1v) is 12.5. The zero-order valence-electron chi connectivity index (χ0n) is 19.2. The van der Waals surface area contributed by atoms with Crippen LogP contribution in [-0.2, 0) is 16.0 Å². The summed E-state index contributed by atoms with van der Waals surface area (Å²) in [4.78, 5) is 29.7. The summed E-state index contributed by atoms with van der Waals surface area (Å²) in [6, 6.07) is 16.1. The predicted octanol–water partition coefficient (Wildman–Crippen LogP) is 4.16. The third-order valence-electron chi connectivity index (χ3n) is 6.09.